The first-order valence-corrected chi connectivity index (χ1v) is 6.37. The van der Waals surface area contributed by atoms with Gasteiger partial charge in [-0.3, -0.25) is 4.79 Å². The molecule has 0 aliphatic carbocycles. The van der Waals surface area contributed by atoms with E-state index in [0.29, 0.717) is 6.54 Å². The van der Waals surface area contributed by atoms with Gasteiger partial charge in [0.05, 0.1) is 7.11 Å². The Balaban J connectivity index is 2.60. The third-order valence-electron chi connectivity index (χ3n) is 3.46. The number of allylic oxidation sites excluding steroid dienone is 1. The summed E-state index contributed by atoms with van der Waals surface area (Å²) in [7, 11) is 1.34. The van der Waals surface area contributed by atoms with E-state index in [9.17, 15) is 9.59 Å². The summed E-state index contributed by atoms with van der Waals surface area (Å²) in [6.07, 6.45) is 4.87. The molecule has 0 amide bonds. The summed E-state index contributed by atoms with van der Waals surface area (Å²) in [5.41, 5.74) is -0.373. The Bertz CT molecular complexity index is 550. The number of benzene rings is 1. The maximum Gasteiger partial charge on any atom is 0.336 e. The van der Waals surface area contributed by atoms with Crippen LogP contribution in [0, 0.1) is 0 Å². The molecule has 1 aliphatic heterocycles. The fourth-order valence-corrected chi connectivity index (χ4v) is 2.53. The third-order valence-corrected chi connectivity index (χ3v) is 3.46. The first kappa shape index (κ1) is 14.1. The summed E-state index contributed by atoms with van der Waals surface area (Å²) < 4.78 is 4.97. The van der Waals surface area contributed by atoms with Crippen molar-refractivity contribution in [1.29, 1.82) is 0 Å². The first-order valence-electron chi connectivity index (χ1n) is 6.37. The molecular weight excluding hydrogens is 254 g/mol. The third kappa shape index (κ3) is 2.25. The fraction of sp³-hybridized carbons (Fsp3) is 0.250. The Morgan fingerprint density at radius 3 is 2.75 bits per heavy atom. The van der Waals surface area contributed by atoms with E-state index in [1.807, 2.05) is 30.3 Å². The van der Waals surface area contributed by atoms with Crippen LogP contribution in [-0.4, -0.2) is 30.3 Å². The molecule has 0 fully saturated rings. The minimum absolute atomic E-state index is 0.0635. The van der Waals surface area contributed by atoms with Crippen LogP contribution in [0.2, 0.25) is 0 Å². The van der Waals surface area contributed by atoms with Gasteiger partial charge in [-0.25, -0.2) is 4.79 Å². The highest BCUT2D eigenvalue weighted by Crippen LogP contribution is 2.36. The summed E-state index contributed by atoms with van der Waals surface area (Å²) in [4.78, 5) is 26.1. The molecule has 4 heteroatoms. The predicted molar refractivity (Wildman–Crippen MR) is 75.8 cm³/mol. The van der Waals surface area contributed by atoms with Gasteiger partial charge in [0.25, 0.3) is 0 Å². The van der Waals surface area contributed by atoms with Crippen LogP contribution in [-0.2, 0) is 19.9 Å². The molecular formula is C16H17NO3. The smallest absolute Gasteiger partial charge is 0.336 e. The van der Waals surface area contributed by atoms with Gasteiger partial charge in [-0.05, 0) is 11.6 Å². The number of rotatable bonds is 4. The number of hydrogen-bond donors (Lipinski definition) is 0. The van der Waals surface area contributed by atoms with Crippen LogP contribution < -0.4 is 0 Å². The molecule has 1 aliphatic rings. The summed E-state index contributed by atoms with van der Waals surface area (Å²) in [5.74, 6) is -0.539. The first-order chi connectivity index (χ1) is 9.65. The van der Waals surface area contributed by atoms with E-state index in [2.05, 4.69) is 6.58 Å². The molecule has 0 saturated carbocycles. The average molecular weight is 271 g/mol. The molecule has 104 valence electrons. The van der Waals surface area contributed by atoms with Crippen molar-refractivity contribution in [3.8, 4) is 0 Å². The minimum atomic E-state index is -1.12. The van der Waals surface area contributed by atoms with Gasteiger partial charge in [-0.15, -0.1) is 6.58 Å². The average Bonchev–Trinajstić information content (AvgIpc) is 2.49. The van der Waals surface area contributed by atoms with E-state index >= 15 is 0 Å². The number of ketones is 1. The maximum atomic E-state index is 12.4. The van der Waals surface area contributed by atoms with Crippen molar-refractivity contribution in [2.24, 2.45) is 0 Å². The van der Waals surface area contributed by atoms with Crippen LogP contribution in [0.15, 0.2) is 55.3 Å². The van der Waals surface area contributed by atoms with Crippen LogP contribution in [0.1, 0.15) is 12.0 Å². The Morgan fingerprint density at radius 2 is 2.15 bits per heavy atom. The number of ether oxygens (including phenoxy) is 1. The SMILES string of the molecule is C=CCN1C=CC(=O)CC1(C(=O)OC)c1ccccc1. The van der Waals surface area contributed by atoms with Crippen molar-refractivity contribution < 1.29 is 14.3 Å². The standard InChI is InChI=1S/C16H17NO3/c1-3-10-17-11-9-14(18)12-16(17,15(19)20-2)13-7-5-4-6-8-13/h3-9,11H,1,10,12H2,2H3. The number of methoxy groups -OCH3 is 1. The second-order valence-electron chi connectivity index (χ2n) is 4.62. The number of carbonyl (C=O) groups is 2. The van der Waals surface area contributed by atoms with E-state index in [1.54, 1.807) is 17.2 Å². The number of carbonyl (C=O) groups excluding carboxylic acids is 2. The van der Waals surface area contributed by atoms with Gasteiger partial charge in [0.2, 0.25) is 0 Å². The molecule has 0 saturated heterocycles. The van der Waals surface area contributed by atoms with Crippen molar-refractivity contribution in [2.45, 2.75) is 12.0 Å². The van der Waals surface area contributed by atoms with Crippen LogP contribution in [0.4, 0.5) is 0 Å². The van der Waals surface area contributed by atoms with E-state index in [-0.39, 0.29) is 12.2 Å². The zero-order valence-electron chi connectivity index (χ0n) is 11.4. The van der Waals surface area contributed by atoms with Crippen molar-refractivity contribution in [1.82, 2.24) is 4.90 Å². The van der Waals surface area contributed by atoms with Gasteiger partial charge in [0.1, 0.15) is 0 Å². The maximum absolute atomic E-state index is 12.4. The lowest BCUT2D eigenvalue weighted by atomic mass is 9.81. The fourth-order valence-electron chi connectivity index (χ4n) is 2.53. The highest BCUT2D eigenvalue weighted by Gasteiger charge is 2.48. The number of esters is 1. The second kappa shape index (κ2) is 5.74. The van der Waals surface area contributed by atoms with Crippen LogP contribution in [0.3, 0.4) is 0 Å². The molecule has 1 atom stereocenters. The van der Waals surface area contributed by atoms with Gasteiger partial charge in [0.15, 0.2) is 11.3 Å². The van der Waals surface area contributed by atoms with Crippen molar-refractivity contribution in [3.05, 3.63) is 60.8 Å². The lowest BCUT2D eigenvalue weighted by Crippen LogP contribution is -2.53. The molecule has 2 rings (SSSR count). The van der Waals surface area contributed by atoms with E-state index in [4.69, 9.17) is 4.74 Å². The van der Waals surface area contributed by atoms with Crippen LogP contribution in [0.25, 0.3) is 0 Å². The van der Waals surface area contributed by atoms with Crippen LogP contribution >= 0.6 is 0 Å². The van der Waals surface area contributed by atoms with Gasteiger partial charge in [-0.2, -0.15) is 0 Å². The molecule has 1 unspecified atom stereocenters. The van der Waals surface area contributed by atoms with Crippen molar-refractivity contribution in [2.75, 3.05) is 13.7 Å². The Kier molecular flexibility index (Phi) is 4.03. The zero-order chi connectivity index (χ0) is 14.6. The Labute approximate surface area is 118 Å². The monoisotopic (exact) mass is 271 g/mol. The number of nitrogens with zero attached hydrogens (tertiary/aromatic N) is 1. The quantitative estimate of drug-likeness (QED) is 0.621. The summed E-state index contributed by atoms with van der Waals surface area (Å²) in [5, 5.41) is 0. The number of hydrogen-bond acceptors (Lipinski definition) is 4. The minimum Gasteiger partial charge on any atom is -0.467 e. The summed E-state index contributed by atoms with van der Waals surface area (Å²) >= 11 is 0. The highest BCUT2D eigenvalue weighted by molar-refractivity contribution is 5.97. The molecule has 20 heavy (non-hydrogen) atoms. The van der Waals surface area contributed by atoms with Crippen LogP contribution in [0.5, 0.6) is 0 Å². The Morgan fingerprint density at radius 1 is 1.45 bits per heavy atom. The van der Waals surface area contributed by atoms with Gasteiger partial charge < -0.3 is 9.64 Å². The van der Waals surface area contributed by atoms with Gasteiger partial charge in [-0.1, -0.05) is 36.4 Å². The molecule has 0 spiro atoms. The second-order valence-corrected chi connectivity index (χ2v) is 4.62. The molecule has 4 nitrogen and oxygen atoms in total. The van der Waals surface area contributed by atoms with E-state index < -0.39 is 11.5 Å². The zero-order valence-corrected chi connectivity index (χ0v) is 11.4. The molecule has 0 radical (unpaired) electrons. The Hall–Kier alpha value is -2.36. The predicted octanol–water partition coefficient (Wildman–Crippen LogP) is 2.03. The normalized spacial score (nSPS) is 21.6. The lowest BCUT2D eigenvalue weighted by molar-refractivity contribution is -0.157. The summed E-state index contributed by atoms with van der Waals surface area (Å²) in [6, 6.07) is 9.22. The molecule has 1 aromatic rings. The van der Waals surface area contributed by atoms with Crippen molar-refractivity contribution in [3.63, 3.8) is 0 Å². The highest BCUT2D eigenvalue weighted by atomic mass is 16.5. The molecule has 0 N–H and O–H groups in total. The lowest BCUT2D eigenvalue weighted by Gasteiger charge is -2.42. The van der Waals surface area contributed by atoms with E-state index in [1.165, 1.54) is 13.2 Å². The van der Waals surface area contributed by atoms with Gasteiger partial charge in [0, 0.05) is 19.2 Å². The molecule has 1 aromatic carbocycles. The molecule has 0 bridgehead atoms. The molecule has 1 heterocycles. The topological polar surface area (TPSA) is 46.6 Å². The summed E-state index contributed by atoms with van der Waals surface area (Å²) in [6.45, 7) is 4.16. The van der Waals surface area contributed by atoms with E-state index in [0.717, 1.165) is 5.56 Å². The largest absolute Gasteiger partial charge is 0.467 e. The molecule has 0 aromatic heterocycles. The van der Waals surface area contributed by atoms with Gasteiger partial charge >= 0.3 is 5.97 Å². The van der Waals surface area contributed by atoms with Crippen molar-refractivity contribution >= 4 is 11.8 Å².